The van der Waals surface area contributed by atoms with Gasteiger partial charge < -0.3 is 15.8 Å². The van der Waals surface area contributed by atoms with Crippen LogP contribution in [0.3, 0.4) is 0 Å². The van der Waals surface area contributed by atoms with Crippen molar-refractivity contribution in [2.24, 2.45) is 15.9 Å². The molecule has 7 nitrogen and oxygen atoms in total. The fourth-order valence-corrected chi connectivity index (χ4v) is 2.01. The number of hydrogen-bond donors (Lipinski definition) is 3. The number of nitrogens with two attached hydrogens (primary N) is 2. The maximum absolute atomic E-state index is 11.1. The quantitative estimate of drug-likeness (QED) is 0.245. The molecule has 0 heterocycles. The summed E-state index contributed by atoms with van der Waals surface area (Å²) in [5, 5.41) is 7.99. The Morgan fingerprint density at radius 3 is 2.48 bits per heavy atom. The van der Waals surface area contributed by atoms with Gasteiger partial charge in [-0.3, -0.25) is 4.99 Å². The highest BCUT2D eigenvalue weighted by molar-refractivity contribution is 14.0. The molecule has 0 bridgehead atoms. The van der Waals surface area contributed by atoms with Crippen molar-refractivity contribution in [1.82, 2.24) is 5.32 Å². The summed E-state index contributed by atoms with van der Waals surface area (Å²) >= 11 is 0. The molecule has 0 radical (unpaired) electrons. The third kappa shape index (κ3) is 8.19. The monoisotopic (exact) mass is 428 g/mol. The molecule has 1 aromatic carbocycles. The Labute approximate surface area is 142 Å². The number of benzene rings is 1. The Morgan fingerprint density at radius 1 is 1.33 bits per heavy atom. The zero-order valence-electron chi connectivity index (χ0n) is 11.8. The molecule has 21 heavy (non-hydrogen) atoms. The van der Waals surface area contributed by atoms with Crippen molar-refractivity contribution in [1.29, 1.82) is 0 Å². The average molecular weight is 428 g/mol. The van der Waals surface area contributed by atoms with Gasteiger partial charge in [-0.2, -0.15) is 0 Å². The minimum Gasteiger partial charge on any atom is -0.383 e. The molecular formula is C12H21IN4O3S. The van der Waals surface area contributed by atoms with E-state index in [1.54, 1.807) is 19.2 Å². The van der Waals surface area contributed by atoms with Crippen molar-refractivity contribution in [2.45, 2.75) is 11.3 Å². The largest absolute Gasteiger partial charge is 0.383 e. The number of primary sulfonamides is 1. The highest BCUT2D eigenvalue weighted by Crippen LogP contribution is 2.08. The SMILES string of the molecule is COCCN=C(N)NCCc1ccc(S(N)(=O)=O)cc1.I. The van der Waals surface area contributed by atoms with Crippen molar-refractivity contribution in [3.05, 3.63) is 29.8 Å². The number of aliphatic imine (C=N–C) groups is 1. The first-order valence-corrected chi connectivity index (χ1v) is 7.62. The molecule has 0 amide bonds. The number of rotatable bonds is 7. The standard InChI is InChI=1S/C12H20N4O3S.HI/c1-19-9-8-16-12(13)15-7-6-10-2-4-11(5-3-10)20(14,17)18;/h2-5H,6-9H2,1H3,(H3,13,15,16)(H2,14,17,18);1H. The molecule has 0 aromatic heterocycles. The lowest BCUT2D eigenvalue weighted by Gasteiger charge is -2.06. The lowest BCUT2D eigenvalue weighted by molar-refractivity contribution is 0.208. The minimum absolute atomic E-state index is 0. The second-order valence-corrected chi connectivity index (χ2v) is 5.69. The van der Waals surface area contributed by atoms with E-state index in [2.05, 4.69) is 10.3 Å². The van der Waals surface area contributed by atoms with Crippen LogP contribution in [-0.2, 0) is 21.2 Å². The van der Waals surface area contributed by atoms with Crippen molar-refractivity contribution < 1.29 is 13.2 Å². The lowest BCUT2D eigenvalue weighted by atomic mass is 10.1. The summed E-state index contributed by atoms with van der Waals surface area (Å²) in [6.45, 7) is 1.65. The molecule has 9 heteroatoms. The van der Waals surface area contributed by atoms with Crippen LogP contribution in [0.2, 0.25) is 0 Å². The number of hydrogen-bond acceptors (Lipinski definition) is 4. The van der Waals surface area contributed by atoms with Crippen LogP contribution in [0.5, 0.6) is 0 Å². The predicted octanol–water partition coefficient (Wildman–Crippen LogP) is 0.0452. The minimum atomic E-state index is -3.63. The van der Waals surface area contributed by atoms with Crippen molar-refractivity contribution in [2.75, 3.05) is 26.8 Å². The molecule has 1 rings (SSSR count). The first-order valence-electron chi connectivity index (χ1n) is 6.08. The number of nitrogens with zero attached hydrogens (tertiary/aromatic N) is 1. The van der Waals surface area contributed by atoms with Crippen LogP contribution in [0.4, 0.5) is 0 Å². The average Bonchev–Trinajstić information content (AvgIpc) is 2.38. The van der Waals surface area contributed by atoms with Crippen LogP contribution in [0.25, 0.3) is 0 Å². The van der Waals surface area contributed by atoms with E-state index in [9.17, 15) is 8.42 Å². The molecule has 0 saturated carbocycles. The number of sulfonamides is 1. The Bertz CT molecular complexity index is 546. The first kappa shape index (κ1) is 20.1. The smallest absolute Gasteiger partial charge is 0.238 e. The lowest BCUT2D eigenvalue weighted by Crippen LogP contribution is -2.33. The Hall–Kier alpha value is -0.910. The van der Waals surface area contributed by atoms with Gasteiger partial charge in [-0.25, -0.2) is 13.6 Å². The molecule has 0 aliphatic rings. The van der Waals surface area contributed by atoms with Gasteiger partial charge in [-0.1, -0.05) is 12.1 Å². The summed E-state index contributed by atoms with van der Waals surface area (Å²) in [4.78, 5) is 4.16. The summed E-state index contributed by atoms with van der Waals surface area (Å²) in [6, 6.07) is 6.42. The third-order valence-corrected chi connectivity index (χ3v) is 3.48. The molecule has 5 N–H and O–H groups in total. The molecule has 0 unspecified atom stereocenters. The van der Waals surface area contributed by atoms with Gasteiger partial charge in [0, 0.05) is 13.7 Å². The van der Waals surface area contributed by atoms with E-state index in [1.807, 2.05) is 0 Å². The normalized spacial score (nSPS) is 11.8. The zero-order valence-corrected chi connectivity index (χ0v) is 14.9. The molecule has 0 spiro atoms. The van der Waals surface area contributed by atoms with Gasteiger partial charge in [-0.15, -0.1) is 24.0 Å². The van der Waals surface area contributed by atoms with Gasteiger partial charge in [0.1, 0.15) is 0 Å². The van der Waals surface area contributed by atoms with Gasteiger partial charge in [0.25, 0.3) is 0 Å². The molecule has 120 valence electrons. The molecular weight excluding hydrogens is 407 g/mol. The molecule has 0 saturated heterocycles. The van der Waals surface area contributed by atoms with Crippen LogP contribution >= 0.6 is 24.0 Å². The zero-order chi connectivity index (χ0) is 15.0. The van der Waals surface area contributed by atoms with E-state index in [4.69, 9.17) is 15.6 Å². The second-order valence-electron chi connectivity index (χ2n) is 4.13. The summed E-state index contributed by atoms with van der Waals surface area (Å²) in [6.07, 6.45) is 0.700. The van der Waals surface area contributed by atoms with Crippen molar-refractivity contribution >= 4 is 40.0 Å². The maximum atomic E-state index is 11.1. The van der Waals surface area contributed by atoms with Gasteiger partial charge in [0.2, 0.25) is 10.0 Å². The number of methoxy groups -OCH3 is 1. The number of guanidine groups is 1. The summed E-state index contributed by atoms with van der Waals surface area (Å²) in [7, 11) is -2.03. The van der Waals surface area contributed by atoms with Crippen LogP contribution in [-0.4, -0.2) is 41.2 Å². The van der Waals surface area contributed by atoms with Gasteiger partial charge in [0.05, 0.1) is 18.0 Å². The predicted molar refractivity (Wildman–Crippen MR) is 93.3 cm³/mol. The first-order chi connectivity index (χ1) is 9.43. The van der Waals surface area contributed by atoms with E-state index in [0.29, 0.717) is 32.1 Å². The van der Waals surface area contributed by atoms with E-state index < -0.39 is 10.0 Å². The number of ether oxygens (including phenoxy) is 1. The fraction of sp³-hybridized carbons (Fsp3) is 0.417. The number of halogens is 1. The second kappa shape index (κ2) is 9.92. The number of nitrogens with one attached hydrogen (secondary N) is 1. The highest BCUT2D eigenvalue weighted by Gasteiger charge is 2.06. The topological polar surface area (TPSA) is 120 Å². The highest BCUT2D eigenvalue weighted by atomic mass is 127. The van der Waals surface area contributed by atoms with Crippen molar-refractivity contribution in [3.63, 3.8) is 0 Å². The Balaban J connectivity index is 0.00000400. The summed E-state index contributed by atoms with van der Waals surface area (Å²) < 4.78 is 27.0. The van der Waals surface area contributed by atoms with Gasteiger partial charge in [0.15, 0.2) is 5.96 Å². The fourth-order valence-electron chi connectivity index (χ4n) is 1.49. The molecule has 0 aliphatic heterocycles. The van der Waals surface area contributed by atoms with Crippen LogP contribution in [0.1, 0.15) is 5.56 Å². The van der Waals surface area contributed by atoms with Crippen LogP contribution in [0.15, 0.2) is 34.2 Å². The van der Waals surface area contributed by atoms with E-state index >= 15 is 0 Å². The van der Waals surface area contributed by atoms with E-state index in [0.717, 1.165) is 5.56 Å². The Kier molecular flexibility index (Phi) is 9.49. The molecule has 0 fully saturated rings. The van der Waals surface area contributed by atoms with Gasteiger partial charge in [-0.05, 0) is 24.1 Å². The van der Waals surface area contributed by atoms with Gasteiger partial charge >= 0.3 is 0 Å². The van der Waals surface area contributed by atoms with E-state index in [1.165, 1.54) is 12.1 Å². The maximum Gasteiger partial charge on any atom is 0.238 e. The molecule has 0 aliphatic carbocycles. The Morgan fingerprint density at radius 2 is 1.95 bits per heavy atom. The van der Waals surface area contributed by atoms with Crippen LogP contribution in [0, 0.1) is 0 Å². The van der Waals surface area contributed by atoms with Crippen LogP contribution < -0.4 is 16.2 Å². The summed E-state index contributed by atoms with van der Waals surface area (Å²) in [5.41, 5.74) is 6.63. The molecule has 1 aromatic rings. The third-order valence-electron chi connectivity index (χ3n) is 2.55. The van der Waals surface area contributed by atoms with Crippen molar-refractivity contribution in [3.8, 4) is 0 Å². The summed E-state index contributed by atoms with van der Waals surface area (Å²) in [5.74, 6) is 0.364. The van der Waals surface area contributed by atoms with E-state index in [-0.39, 0.29) is 28.9 Å². The molecule has 0 atom stereocenters.